The highest BCUT2D eigenvalue weighted by molar-refractivity contribution is 5.47. The molecule has 0 aromatic carbocycles. The molecule has 0 aromatic rings. The van der Waals surface area contributed by atoms with Crippen LogP contribution in [0.15, 0.2) is 0 Å². The Morgan fingerprint density at radius 1 is 1.44 bits per heavy atom. The molecular weight excluding hydrogens is 116 g/mol. The van der Waals surface area contributed by atoms with Crippen molar-refractivity contribution in [3.8, 4) is 0 Å². The molecule has 0 unspecified atom stereocenters. The fraction of sp³-hybridized carbons (Fsp3) is 0.833. The number of amides is 1. The van der Waals surface area contributed by atoms with Crippen molar-refractivity contribution in [2.75, 3.05) is 27.3 Å². The lowest BCUT2D eigenvalue weighted by atomic mass is 10.6. The SMILES string of the molecule is CCN([C]=O)CN(C)C. The molecule has 3 heteroatoms. The lowest BCUT2D eigenvalue weighted by molar-refractivity contribution is 0.256. The van der Waals surface area contributed by atoms with E-state index in [0.717, 1.165) is 6.54 Å². The summed E-state index contributed by atoms with van der Waals surface area (Å²) in [5.41, 5.74) is 0. The van der Waals surface area contributed by atoms with Gasteiger partial charge in [0.05, 0.1) is 6.67 Å². The molecule has 0 rings (SSSR count). The maximum atomic E-state index is 10.0. The van der Waals surface area contributed by atoms with Crippen LogP contribution in [0.25, 0.3) is 0 Å². The standard InChI is InChI=1S/C6H13N2O/c1-4-8(6-9)5-7(2)3/h4-5H2,1-3H3. The van der Waals surface area contributed by atoms with E-state index in [2.05, 4.69) is 0 Å². The Kier molecular flexibility index (Phi) is 4.05. The number of hydrogen-bond donors (Lipinski definition) is 0. The Morgan fingerprint density at radius 3 is 2.11 bits per heavy atom. The first-order chi connectivity index (χ1) is 4.20. The van der Waals surface area contributed by atoms with Crippen LogP contribution < -0.4 is 0 Å². The minimum atomic E-state index is 0.653. The molecular formula is C6H13N2O. The summed E-state index contributed by atoms with van der Waals surface area (Å²) in [5.74, 6) is 0. The molecule has 0 heterocycles. The quantitative estimate of drug-likeness (QED) is 0.391. The first-order valence-corrected chi connectivity index (χ1v) is 2.98. The van der Waals surface area contributed by atoms with Crippen LogP contribution in [-0.4, -0.2) is 43.5 Å². The van der Waals surface area contributed by atoms with E-state index in [1.807, 2.05) is 32.3 Å². The summed E-state index contributed by atoms with van der Waals surface area (Å²) in [6.45, 7) is 3.30. The summed E-state index contributed by atoms with van der Waals surface area (Å²) in [7, 11) is 3.83. The van der Waals surface area contributed by atoms with Gasteiger partial charge in [0.25, 0.3) is 0 Å². The second kappa shape index (κ2) is 4.32. The molecule has 1 amide bonds. The predicted molar refractivity (Wildman–Crippen MR) is 36.6 cm³/mol. The van der Waals surface area contributed by atoms with E-state index in [0.29, 0.717) is 6.67 Å². The van der Waals surface area contributed by atoms with E-state index >= 15 is 0 Å². The Hall–Kier alpha value is -0.570. The Balaban J connectivity index is 3.42. The normalized spacial score (nSPS) is 9.78. The van der Waals surface area contributed by atoms with Crippen molar-refractivity contribution >= 4 is 6.41 Å². The third kappa shape index (κ3) is 3.97. The lowest BCUT2D eigenvalue weighted by Crippen LogP contribution is -2.32. The topological polar surface area (TPSA) is 23.6 Å². The molecule has 0 aliphatic carbocycles. The van der Waals surface area contributed by atoms with Crippen molar-refractivity contribution in [2.45, 2.75) is 6.92 Å². The van der Waals surface area contributed by atoms with Crippen LogP contribution in [0.5, 0.6) is 0 Å². The molecule has 0 aromatic heterocycles. The first kappa shape index (κ1) is 8.43. The van der Waals surface area contributed by atoms with Gasteiger partial charge in [-0.25, -0.2) is 0 Å². The monoisotopic (exact) mass is 129 g/mol. The van der Waals surface area contributed by atoms with Crippen LogP contribution in [0.2, 0.25) is 0 Å². The summed E-state index contributed by atoms with van der Waals surface area (Å²) < 4.78 is 0. The number of rotatable bonds is 4. The van der Waals surface area contributed by atoms with Gasteiger partial charge in [0.15, 0.2) is 0 Å². The van der Waals surface area contributed by atoms with Gasteiger partial charge in [0.1, 0.15) is 0 Å². The summed E-state index contributed by atoms with van der Waals surface area (Å²) in [5, 5.41) is 0. The Bertz CT molecular complexity index is 83.1. The molecule has 1 radical (unpaired) electrons. The number of nitrogens with zero attached hydrogens (tertiary/aromatic N) is 2. The Labute approximate surface area is 56.2 Å². The summed E-state index contributed by atoms with van der Waals surface area (Å²) in [4.78, 5) is 13.5. The third-order valence-electron chi connectivity index (χ3n) is 0.964. The lowest BCUT2D eigenvalue weighted by Gasteiger charge is -2.18. The highest BCUT2D eigenvalue weighted by Gasteiger charge is 1.98. The van der Waals surface area contributed by atoms with Crippen LogP contribution in [0.4, 0.5) is 0 Å². The fourth-order valence-electron chi connectivity index (χ4n) is 0.535. The van der Waals surface area contributed by atoms with Gasteiger partial charge < -0.3 is 4.90 Å². The molecule has 0 aliphatic rings. The van der Waals surface area contributed by atoms with Crippen LogP contribution in [0, 0.1) is 0 Å². The molecule has 53 valence electrons. The minimum Gasteiger partial charge on any atom is -0.322 e. The van der Waals surface area contributed by atoms with Crippen LogP contribution >= 0.6 is 0 Å². The third-order valence-corrected chi connectivity index (χ3v) is 0.964. The zero-order chi connectivity index (χ0) is 7.28. The van der Waals surface area contributed by atoms with E-state index in [1.54, 1.807) is 4.90 Å². The molecule has 3 nitrogen and oxygen atoms in total. The van der Waals surface area contributed by atoms with E-state index < -0.39 is 0 Å². The number of carbonyl (C=O) groups excluding carboxylic acids is 1. The second-order valence-corrected chi connectivity index (χ2v) is 2.17. The molecule has 0 aliphatic heterocycles. The largest absolute Gasteiger partial charge is 0.322 e. The van der Waals surface area contributed by atoms with Crippen molar-refractivity contribution < 1.29 is 4.79 Å². The highest BCUT2D eigenvalue weighted by Crippen LogP contribution is 1.82. The van der Waals surface area contributed by atoms with E-state index in [1.165, 1.54) is 0 Å². The maximum Gasteiger partial charge on any atom is 0.313 e. The van der Waals surface area contributed by atoms with Crippen molar-refractivity contribution in [3.05, 3.63) is 0 Å². The smallest absolute Gasteiger partial charge is 0.313 e. The Morgan fingerprint density at radius 2 is 2.00 bits per heavy atom. The minimum absolute atomic E-state index is 0.653. The molecule has 0 saturated carbocycles. The van der Waals surface area contributed by atoms with Gasteiger partial charge in [0.2, 0.25) is 0 Å². The van der Waals surface area contributed by atoms with Crippen molar-refractivity contribution in [1.29, 1.82) is 0 Å². The zero-order valence-corrected chi connectivity index (χ0v) is 6.22. The number of hydrogen-bond acceptors (Lipinski definition) is 2. The average Bonchev–Trinajstić information content (AvgIpc) is 1.82. The van der Waals surface area contributed by atoms with Crippen molar-refractivity contribution in [1.82, 2.24) is 9.80 Å². The van der Waals surface area contributed by atoms with Gasteiger partial charge in [-0.05, 0) is 21.0 Å². The van der Waals surface area contributed by atoms with Gasteiger partial charge >= 0.3 is 6.41 Å². The molecule has 9 heavy (non-hydrogen) atoms. The van der Waals surface area contributed by atoms with Crippen LogP contribution in [0.1, 0.15) is 6.92 Å². The summed E-state index contributed by atoms with van der Waals surface area (Å²) in [6, 6.07) is 0. The van der Waals surface area contributed by atoms with Crippen molar-refractivity contribution in [2.24, 2.45) is 0 Å². The van der Waals surface area contributed by atoms with E-state index in [-0.39, 0.29) is 0 Å². The van der Waals surface area contributed by atoms with Crippen LogP contribution in [0.3, 0.4) is 0 Å². The zero-order valence-electron chi connectivity index (χ0n) is 6.22. The van der Waals surface area contributed by atoms with E-state index in [9.17, 15) is 4.79 Å². The molecule has 0 atom stereocenters. The molecule has 0 N–H and O–H groups in total. The fourth-order valence-corrected chi connectivity index (χ4v) is 0.535. The molecule has 0 saturated heterocycles. The molecule has 0 fully saturated rings. The summed E-state index contributed by atoms with van der Waals surface area (Å²) in [6.07, 6.45) is 1.82. The van der Waals surface area contributed by atoms with Gasteiger partial charge in [-0.15, -0.1) is 0 Å². The summed E-state index contributed by atoms with van der Waals surface area (Å²) >= 11 is 0. The molecule has 0 spiro atoms. The average molecular weight is 129 g/mol. The van der Waals surface area contributed by atoms with E-state index in [4.69, 9.17) is 0 Å². The van der Waals surface area contributed by atoms with Crippen molar-refractivity contribution in [3.63, 3.8) is 0 Å². The molecule has 0 bridgehead atoms. The van der Waals surface area contributed by atoms with Gasteiger partial charge in [-0.2, -0.15) is 0 Å². The predicted octanol–water partition coefficient (Wildman–Crippen LogP) is -0.105. The second-order valence-electron chi connectivity index (χ2n) is 2.17. The van der Waals surface area contributed by atoms with Crippen LogP contribution in [-0.2, 0) is 4.79 Å². The van der Waals surface area contributed by atoms with Gasteiger partial charge in [-0.3, -0.25) is 9.69 Å². The van der Waals surface area contributed by atoms with Gasteiger partial charge in [-0.1, -0.05) is 0 Å². The highest BCUT2D eigenvalue weighted by atomic mass is 16.1. The first-order valence-electron chi connectivity index (χ1n) is 2.98. The van der Waals surface area contributed by atoms with Gasteiger partial charge in [0, 0.05) is 6.54 Å². The maximum absolute atomic E-state index is 10.0.